The van der Waals surface area contributed by atoms with Crippen LogP contribution in [0.3, 0.4) is 0 Å². The van der Waals surface area contributed by atoms with E-state index in [9.17, 15) is 4.79 Å². The van der Waals surface area contributed by atoms with Gasteiger partial charge in [0.25, 0.3) is 0 Å². The van der Waals surface area contributed by atoms with E-state index in [4.69, 9.17) is 14.2 Å². The van der Waals surface area contributed by atoms with Crippen molar-refractivity contribution < 1.29 is 19.0 Å². The van der Waals surface area contributed by atoms with Gasteiger partial charge in [-0.2, -0.15) is 5.10 Å². The lowest BCUT2D eigenvalue weighted by Gasteiger charge is -2.31. The van der Waals surface area contributed by atoms with E-state index in [0.717, 1.165) is 0 Å². The zero-order valence-corrected chi connectivity index (χ0v) is 14.4. The summed E-state index contributed by atoms with van der Waals surface area (Å²) < 4.78 is 17.6. The number of carbonyl (C=O) groups excluding carboxylic acids is 1. The Morgan fingerprint density at radius 2 is 1.04 bits per heavy atom. The molecule has 0 aromatic heterocycles. The maximum Gasteiger partial charge on any atom is 0.505 e. The summed E-state index contributed by atoms with van der Waals surface area (Å²) >= 11 is 0. The number of rotatable bonds is 8. The molecule has 0 bridgehead atoms. The third-order valence-corrected chi connectivity index (χ3v) is 3.44. The van der Waals surface area contributed by atoms with Crippen molar-refractivity contribution in [2.45, 2.75) is 5.97 Å². The zero-order chi connectivity index (χ0) is 19.0. The van der Waals surface area contributed by atoms with Crippen LogP contribution in [-0.4, -0.2) is 18.6 Å². The molecule has 0 saturated carbocycles. The molecule has 0 heterocycles. The van der Waals surface area contributed by atoms with Crippen LogP contribution in [0, 0.1) is 0 Å². The first-order valence-corrected chi connectivity index (χ1v) is 8.20. The molecule has 1 N–H and O–H groups in total. The topological polar surface area (TPSA) is 69.2 Å². The van der Waals surface area contributed by atoms with Gasteiger partial charge in [-0.25, -0.2) is 5.43 Å². The molecule has 3 aromatic rings. The predicted molar refractivity (Wildman–Crippen MR) is 102 cm³/mol. The quantitative estimate of drug-likeness (QED) is 0.378. The maximum atomic E-state index is 12.9. The van der Waals surface area contributed by atoms with Crippen LogP contribution < -0.4 is 19.6 Å². The standard InChI is InChI=1S/C21H18N2O4/c1-22-23-20(24)21(25-17-11-5-2-6-12-17,26-18-13-7-3-8-14-18)27-19-15-9-4-10-16-19/h2-16H,1H2,(H,23,24). The Bertz CT molecular complexity index is 769. The smallest absolute Gasteiger partial charge is 0.413 e. The van der Waals surface area contributed by atoms with Gasteiger partial charge in [-0.05, 0) is 36.4 Å². The van der Waals surface area contributed by atoms with E-state index in [2.05, 4.69) is 17.2 Å². The van der Waals surface area contributed by atoms with Crippen molar-refractivity contribution in [2.75, 3.05) is 0 Å². The number of amides is 1. The van der Waals surface area contributed by atoms with Crippen molar-refractivity contribution in [3.05, 3.63) is 91.0 Å². The highest BCUT2D eigenvalue weighted by atomic mass is 16.9. The maximum absolute atomic E-state index is 12.9. The fraction of sp³-hybridized carbons (Fsp3) is 0.0476. The number of para-hydroxylation sites is 3. The number of ether oxygens (including phenoxy) is 3. The first-order valence-electron chi connectivity index (χ1n) is 8.20. The summed E-state index contributed by atoms with van der Waals surface area (Å²) in [5, 5.41) is 3.44. The van der Waals surface area contributed by atoms with Gasteiger partial charge in [-0.1, -0.05) is 54.6 Å². The third kappa shape index (κ3) is 4.64. The van der Waals surface area contributed by atoms with Crippen LogP contribution in [0.5, 0.6) is 17.2 Å². The molecule has 6 nitrogen and oxygen atoms in total. The van der Waals surface area contributed by atoms with E-state index in [0.29, 0.717) is 17.2 Å². The Morgan fingerprint density at radius 3 is 1.33 bits per heavy atom. The normalized spacial score (nSPS) is 10.5. The number of nitrogens with zero attached hydrogens (tertiary/aromatic N) is 1. The van der Waals surface area contributed by atoms with Crippen LogP contribution >= 0.6 is 0 Å². The minimum atomic E-state index is -2.16. The minimum Gasteiger partial charge on any atom is -0.413 e. The Kier molecular flexibility index (Phi) is 5.69. The lowest BCUT2D eigenvalue weighted by molar-refractivity contribution is -0.241. The molecule has 0 atom stereocenters. The van der Waals surface area contributed by atoms with Gasteiger partial charge in [0.15, 0.2) is 0 Å². The summed E-state index contributed by atoms with van der Waals surface area (Å²) in [5.41, 5.74) is 2.25. The first kappa shape index (κ1) is 18.0. The third-order valence-electron chi connectivity index (χ3n) is 3.44. The van der Waals surface area contributed by atoms with E-state index in [1.54, 1.807) is 72.8 Å². The molecule has 0 saturated heterocycles. The van der Waals surface area contributed by atoms with Crippen LogP contribution in [0.1, 0.15) is 0 Å². The second-order valence-electron chi connectivity index (χ2n) is 5.40. The summed E-state index contributed by atoms with van der Waals surface area (Å²) in [7, 11) is 0. The van der Waals surface area contributed by atoms with Gasteiger partial charge in [-0.3, -0.25) is 4.79 Å². The van der Waals surface area contributed by atoms with Gasteiger partial charge in [0.05, 0.1) is 0 Å². The fourth-order valence-electron chi connectivity index (χ4n) is 2.27. The molecule has 0 aliphatic heterocycles. The van der Waals surface area contributed by atoms with Gasteiger partial charge in [0, 0.05) is 6.72 Å². The molecule has 1 amide bonds. The Labute approximate surface area is 157 Å². The number of carbonyl (C=O) groups is 1. The number of hydrazone groups is 1. The lowest BCUT2D eigenvalue weighted by atomic mass is 10.3. The van der Waals surface area contributed by atoms with E-state index in [-0.39, 0.29) is 0 Å². The average molecular weight is 362 g/mol. The second kappa shape index (κ2) is 8.53. The molecule has 0 unspecified atom stereocenters. The van der Waals surface area contributed by atoms with Gasteiger partial charge in [0.1, 0.15) is 17.2 Å². The zero-order valence-electron chi connectivity index (χ0n) is 14.4. The van der Waals surface area contributed by atoms with Crippen molar-refractivity contribution in [1.29, 1.82) is 0 Å². The Morgan fingerprint density at radius 1 is 0.704 bits per heavy atom. The van der Waals surface area contributed by atoms with Crippen molar-refractivity contribution in [2.24, 2.45) is 5.10 Å². The molecular weight excluding hydrogens is 344 g/mol. The minimum absolute atomic E-state index is 0.378. The molecule has 3 aromatic carbocycles. The Hall–Kier alpha value is -3.80. The molecule has 0 radical (unpaired) electrons. The lowest BCUT2D eigenvalue weighted by Crippen LogP contribution is -2.59. The molecule has 3 rings (SSSR count). The van der Waals surface area contributed by atoms with Crippen molar-refractivity contribution in [1.82, 2.24) is 5.43 Å². The number of nitrogens with one attached hydrogen (secondary N) is 1. The summed E-state index contributed by atoms with van der Waals surface area (Å²) in [5.74, 6) is -1.80. The predicted octanol–water partition coefficient (Wildman–Crippen LogP) is 3.61. The molecule has 0 aliphatic rings. The van der Waals surface area contributed by atoms with Gasteiger partial charge < -0.3 is 14.2 Å². The van der Waals surface area contributed by atoms with E-state index >= 15 is 0 Å². The average Bonchev–Trinajstić information content (AvgIpc) is 2.70. The van der Waals surface area contributed by atoms with Gasteiger partial charge >= 0.3 is 11.9 Å². The molecule has 0 fully saturated rings. The highest BCUT2D eigenvalue weighted by Gasteiger charge is 2.48. The summed E-state index contributed by atoms with van der Waals surface area (Å²) in [6.45, 7) is 3.29. The van der Waals surface area contributed by atoms with Crippen molar-refractivity contribution in [3.8, 4) is 17.2 Å². The first-order chi connectivity index (χ1) is 13.2. The fourth-order valence-corrected chi connectivity index (χ4v) is 2.27. The molecule has 136 valence electrons. The van der Waals surface area contributed by atoms with E-state index < -0.39 is 11.9 Å². The van der Waals surface area contributed by atoms with Crippen LogP contribution in [0.25, 0.3) is 0 Å². The number of hydrogen-bond acceptors (Lipinski definition) is 5. The molecule has 27 heavy (non-hydrogen) atoms. The monoisotopic (exact) mass is 362 g/mol. The van der Waals surface area contributed by atoms with E-state index in [1.165, 1.54) is 0 Å². The summed E-state index contributed by atoms with van der Waals surface area (Å²) in [4.78, 5) is 12.9. The molecule has 0 spiro atoms. The number of benzene rings is 3. The van der Waals surface area contributed by atoms with Crippen molar-refractivity contribution >= 4 is 12.6 Å². The SMILES string of the molecule is C=NNC(=O)C(Oc1ccccc1)(Oc1ccccc1)Oc1ccccc1. The van der Waals surface area contributed by atoms with Gasteiger partial charge in [-0.15, -0.1) is 0 Å². The summed E-state index contributed by atoms with van der Waals surface area (Å²) in [6.07, 6.45) is 0. The Balaban J connectivity index is 2.04. The van der Waals surface area contributed by atoms with Gasteiger partial charge in [0.2, 0.25) is 0 Å². The van der Waals surface area contributed by atoms with Crippen LogP contribution in [-0.2, 0) is 4.79 Å². The molecule has 0 aliphatic carbocycles. The number of hydrogen-bond donors (Lipinski definition) is 1. The molecule has 6 heteroatoms. The highest BCUT2D eigenvalue weighted by Crippen LogP contribution is 2.27. The largest absolute Gasteiger partial charge is 0.505 e. The summed E-state index contributed by atoms with van der Waals surface area (Å²) in [6, 6.07) is 26.2. The van der Waals surface area contributed by atoms with Crippen LogP contribution in [0.4, 0.5) is 0 Å². The van der Waals surface area contributed by atoms with Crippen LogP contribution in [0.15, 0.2) is 96.1 Å². The van der Waals surface area contributed by atoms with E-state index in [1.807, 2.05) is 18.2 Å². The molecular formula is C21H18N2O4. The second-order valence-corrected chi connectivity index (χ2v) is 5.40. The van der Waals surface area contributed by atoms with Crippen molar-refractivity contribution in [3.63, 3.8) is 0 Å². The highest BCUT2D eigenvalue weighted by molar-refractivity contribution is 5.83. The van der Waals surface area contributed by atoms with Crippen LogP contribution in [0.2, 0.25) is 0 Å².